The van der Waals surface area contributed by atoms with E-state index in [1.165, 1.54) is 19.2 Å². The zero-order valence-corrected chi connectivity index (χ0v) is 10.4. The quantitative estimate of drug-likeness (QED) is 0.818. The van der Waals surface area contributed by atoms with Crippen LogP contribution in [-0.2, 0) is 9.59 Å². The van der Waals surface area contributed by atoms with Crippen LogP contribution in [0.4, 0.5) is 10.1 Å². The largest absolute Gasteiger partial charge is 0.494 e. The van der Waals surface area contributed by atoms with E-state index in [1.807, 2.05) is 0 Å². The summed E-state index contributed by atoms with van der Waals surface area (Å²) in [5.41, 5.74) is -1.10. The van der Waals surface area contributed by atoms with Crippen LogP contribution >= 0.6 is 0 Å². The van der Waals surface area contributed by atoms with Crippen LogP contribution in [0.25, 0.3) is 0 Å². The molecule has 102 valence electrons. The highest BCUT2D eigenvalue weighted by atomic mass is 19.1. The molecular weight excluding hydrogens is 253 g/mol. The molecular formula is C13H14FNO4. The number of carbonyl (C=O) groups excluding carboxylic acids is 1. The average Bonchev–Trinajstić information content (AvgIpc) is 2.29. The van der Waals surface area contributed by atoms with E-state index in [0.29, 0.717) is 19.3 Å². The topological polar surface area (TPSA) is 75.6 Å². The molecule has 0 aromatic heterocycles. The summed E-state index contributed by atoms with van der Waals surface area (Å²) in [7, 11) is 1.35. The molecule has 1 aromatic carbocycles. The third kappa shape index (κ3) is 2.25. The van der Waals surface area contributed by atoms with Crippen LogP contribution in [0.15, 0.2) is 18.2 Å². The Kier molecular flexibility index (Phi) is 3.42. The number of ether oxygens (including phenoxy) is 1. The van der Waals surface area contributed by atoms with Gasteiger partial charge in [-0.05, 0) is 25.0 Å². The number of rotatable bonds is 4. The first-order chi connectivity index (χ1) is 8.99. The van der Waals surface area contributed by atoms with E-state index in [4.69, 9.17) is 9.84 Å². The van der Waals surface area contributed by atoms with Gasteiger partial charge >= 0.3 is 5.97 Å². The number of halogens is 1. The van der Waals surface area contributed by atoms with E-state index in [9.17, 15) is 14.0 Å². The maximum atomic E-state index is 13.0. The second-order valence-corrected chi connectivity index (χ2v) is 4.54. The summed E-state index contributed by atoms with van der Waals surface area (Å²) in [6, 6.07) is 3.65. The fourth-order valence-electron chi connectivity index (χ4n) is 2.08. The number of anilines is 1. The molecule has 0 spiro atoms. The van der Waals surface area contributed by atoms with Crippen molar-refractivity contribution >= 4 is 17.6 Å². The molecule has 5 nitrogen and oxygen atoms in total. The van der Waals surface area contributed by atoms with Gasteiger partial charge in [0, 0.05) is 6.07 Å². The van der Waals surface area contributed by atoms with Gasteiger partial charge in [0.15, 0.2) is 0 Å². The molecule has 1 saturated carbocycles. The first-order valence-electron chi connectivity index (χ1n) is 5.88. The lowest BCUT2D eigenvalue weighted by Crippen LogP contribution is -2.48. The monoisotopic (exact) mass is 267 g/mol. The zero-order valence-electron chi connectivity index (χ0n) is 10.4. The van der Waals surface area contributed by atoms with Crippen molar-refractivity contribution in [3.63, 3.8) is 0 Å². The van der Waals surface area contributed by atoms with Gasteiger partial charge < -0.3 is 15.2 Å². The molecule has 0 saturated heterocycles. The smallest absolute Gasteiger partial charge is 0.319 e. The van der Waals surface area contributed by atoms with Crippen LogP contribution in [0.1, 0.15) is 19.3 Å². The van der Waals surface area contributed by atoms with Gasteiger partial charge in [0.25, 0.3) is 0 Å². The van der Waals surface area contributed by atoms with Gasteiger partial charge in [0.05, 0.1) is 12.8 Å². The number of amides is 1. The molecule has 1 aliphatic rings. The molecule has 1 aliphatic carbocycles. The maximum absolute atomic E-state index is 13.0. The Labute approximate surface area is 109 Å². The number of aliphatic carboxylic acids is 1. The predicted octanol–water partition coefficient (Wildman–Crippen LogP) is 2.03. The fraction of sp³-hybridized carbons (Fsp3) is 0.385. The molecule has 0 bridgehead atoms. The molecule has 2 N–H and O–H groups in total. The summed E-state index contributed by atoms with van der Waals surface area (Å²) < 4.78 is 18.0. The molecule has 6 heteroatoms. The number of hydrogen-bond donors (Lipinski definition) is 2. The lowest BCUT2D eigenvalue weighted by molar-refractivity contribution is -0.159. The van der Waals surface area contributed by atoms with E-state index in [1.54, 1.807) is 0 Å². The summed E-state index contributed by atoms with van der Waals surface area (Å²) in [5.74, 6) is -2.05. The molecule has 1 aromatic rings. The Bertz CT molecular complexity index is 525. The summed E-state index contributed by atoms with van der Waals surface area (Å²) >= 11 is 0. The van der Waals surface area contributed by atoms with Crippen molar-refractivity contribution in [3.05, 3.63) is 24.0 Å². The van der Waals surface area contributed by atoms with Gasteiger partial charge in [0.2, 0.25) is 5.91 Å². The summed E-state index contributed by atoms with van der Waals surface area (Å²) in [6.07, 6.45) is 1.34. The van der Waals surface area contributed by atoms with Gasteiger partial charge in [0.1, 0.15) is 17.0 Å². The van der Waals surface area contributed by atoms with Crippen molar-refractivity contribution in [1.82, 2.24) is 0 Å². The van der Waals surface area contributed by atoms with Crippen molar-refractivity contribution in [2.45, 2.75) is 19.3 Å². The summed E-state index contributed by atoms with van der Waals surface area (Å²) in [5, 5.41) is 11.7. The normalized spacial score (nSPS) is 16.3. The van der Waals surface area contributed by atoms with Gasteiger partial charge in [-0.2, -0.15) is 0 Å². The first-order valence-corrected chi connectivity index (χ1v) is 5.88. The van der Waals surface area contributed by atoms with Crippen molar-refractivity contribution in [2.75, 3.05) is 12.4 Å². The Balaban J connectivity index is 2.22. The molecule has 2 rings (SSSR count). The molecule has 0 atom stereocenters. The minimum Gasteiger partial charge on any atom is -0.494 e. The van der Waals surface area contributed by atoms with E-state index in [2.05, 4.69) is 5.32 Å². The number of carbonyl (C=O) groups is 2. The van der Waals surface area contributed by atoms with E-state index in [-0.39, 0.29) is 11.4 Å². The van der Waals surface area contributed by atoms with Crippen LogP contribution in [0.3, 0.4) is 0 Å². The molecule has 0 heterocycles. The second-order valence-electron chi connectivity index (χ2n) is 4.54. The number of carboxylic acid groups (broad SMARTS) is 1. The van der Waals surface area contributed by atoms with Crippen LogP contribution in [0, 0.1) is 11.2 Å². The number of carboxylic acids is 1. The van der Waals surface area contributed by atoms with Gasteiger partial charge in [-0.25, -0.2) is 4.39 Å². The Hall–Kier alpha value is -2.11. The fourth-order valence-corrected chi connectivity index (χ4v) is 2.08. The molecule has 1 fully saturated rings. The SMILES string of the molecule is COc1cc(F)ccc1NC(=O)C1(C(=O)O)CCC1. The molecule has 0 unspecified atom stereocenters. The molecule has 0 radical (unpaired) electrons. The predicted molar refractivity (Wildman–Crippen MR) is 65.5 cm³/mol. The molecule has 0 aliphatic heterocycles. The minimum absolute atomic E-state index is 0.160. The van der Waals surface area contributed by atoms with Crippen molar-refractivity contribution < 1.29 is 23.8 Å². The van der Waals surface area contributed by atoms with E-state index >= 15 is 0 Å². The minimum atomic E-state index is -1.36. The highest BCUT2D eigenvalue weighted by molar-refractivity contribution is 6.09. The van der Waals surface area contributed by atoms with E-state index in [0.717, 1.165) is 6.07 Å². The number of hydrogen-bond acceptors (Lipinski definition) is 3. The van der Waals surface area contributed by atoms with Gasteiger partial charge in [-0.15, -0.1) is 0 Å². The lowest BCUT2D eigenvalue weighted by atomic mass is 9.68. The van der Waals surface area contributed by atoms with Crippen molar-refractivity contribution in [1.29, 1.82) is 0 Å². The van der Waals surface area contributed by atoms with Crippen LogP contribution in [0.2, 0.25) is 0 Å². The number of methoxy groups -OCH3 is 1. The average molecular weight is 267 g/mol. The summed E-state index contributed by atoms with van der Waals surface area (Å²) in [4.78, 5) is 23.3. The third-order valence-corrected chi connectivity index (χ3v) is 3.46. The van der Waals surface area contributed by atoms with Gasteiger partial charge in [-0.3, -0.25) is 9.59 Å². The van der Waals surface area contributed by atoms with Crippen molar-refractivity contribution in [2.24, 2.45) is 5.41 Å². The second kappa shape index (κ2) is 4.87. The van der Waals surface area contributed by atoms with Crippen LogP contribution < -0.4 is 10.1 Å². The Morgan fingerprint density at radius 1 is 1.42 bits per heavy atom. The highest BCUT2D eigenvalue weighted by Gasteiger charge is 2.51. The maximum Gasteiger partial charge on any atom is 0.319 e. The lowest BCUT2D eigenvalue weighted by Gasteiger charge is -2.35. The van der Waals surface area contributed by atoms with Crippen molar-refractivity contribution in [3.8, 4) is 5.75 Å². The van der Waals surface area contributed by atoms with E-state index < -0.39 is 23.1 Å². The van der Waals surface area contributed by atoms with Crippen LogP contribution in [0.5, 0.6) is 5.75 Å². The number of benzene rings is 1. The molecule has 1 amide bonds. The zero-order chi connectivity index (χ0) is 14.0. The highest BCUT2D eigenvalue weighted by Crippen LogP contribution is 2.42. The first kappa shape index (κ1) is 13.3. The number of nitrogens with one attached hydrogen (secondary N) is 1. The van der Waals surface area contributed by atoms with Crippen LogP contribution in [-0.4, -0.2) is 24.1 Å². The van der Waals surface area contributed by atoms with Gasteiger partial charge in [-0.1, -0.05) is 6.42 Å². The Morgan fingerprint density at radius 3 is 2.58 bits per heavy atom. The Morgan fingerprint density at radius 2 is 2.11 bits per heavy atom. The molecule has 19 heavy (non-hydrogen) atoms. The third-order valence-electron chi connectivity index (χ3n) is 3.46. The summed E-state index contributed by atoms with van der Waals surface area (Å²) in [6.45, 7) is 0. The standard InChI is InChI=1S/C13H14FNO4/c1-19-10-7-8(14)3-4-9(10)15-11(16)13(12(17)18)5-2-6-13/h3-4,7H,2,5-6H2,1H3,(H,15,16)(H,17,18).